The van der Waals surface area contributed by atoms with Crippen molar-refractivity contribution in [3.05, 3.63) is 23.8 Å². The molecule has 0 spiro atoms. The molecule has 0 amide bonds. The van der Waals surface area contributed by atoms with E-state index in [0.29, 0.717) is 23.4 Å². The highest BCUT2D eigenvalue weighted by molar-refractivity contribution is 5.91. The van der Waals surface area contributed by atoms with Crippen LogP contribution in [0.15, 0.2) is 18.2 Å². The van der Waals surface area contributed by atoms with Crippen molar-refractivity contribution < 1.29 is 19.0 Å². The van der Waals surface area contributed by atoms with Gasteiger partial charge in [-0.1, -0.05) is 0 Å². The number of nitrogens with two attached hydrogens (primary N) is 1. The molecule has 106 valence electrons. The van der Waals surface area contributed by atoms with Crippen LogP contribution in [-0.4, -0.2) is 32.4 Å². The van der Waals surface area contributed by atoms with Gasteiger partial charge in [0.05, 0.1) is 24.9 Å². The number of hydrogen-bond acceptors (Lipinski definition) is 5. The van der Waals surface area contributed by atoms with E-state index in [-0.39, 0.29) is 12.2 Å². The maximum absolute atomic E-state index is 11.9. The average Bonchev–Trinajstić information content (AvgIpc) is 2.37. The molecule has 1 aromatic carbocycles. The van der Waals surface area contributed by atoms with Crippen molar-refractivity contribution in [3.8, 4) is 5.75 Å². The van der Waals surface area contributed by atoms with E-state index >= 15 is 0 Å². The topological polar surface area (TPSA) is 70.8 Å². The summed E-state index contributed by atoms with van der Waals surface area (Å²) in [6, 6.07) is 4.80. The van der Waals surface area contributed by atoms with Crippen molar-refractivity contribution in [2.45, 2.75) is 25.9 Å². The molecule has 19 heavy (non-hydrogen) atoms. The number of methoxy groups -OCH3 is 2. The normalized spacial score (nSPS) is 11.2. The standard InChI is InChI=1S/C14H21NO4/c1-14(2,18-4)5-6-19-13(16)10-7-11(15)9-12(8-10)17-3/h7-9H,5-6,15H2,1-4H3. The van der Waals surface area contributed by atoms with Crippen molar-refractivity contribution >= 4 is 11.7 Å². The van der Waals surface area contributed by atoms with E-state index in [1.54, 1.807) is 25.3 Å². The minimum absolute atomic E-state index is 0.288. The molecule has 0 fully saturated rings. The molecular weight excluding hydrogens is 246 g/mol. The van der Waals surface area contributed by atoms with Crippen LogP contribution in [0, 0.1) is 0 Å². The Balaban J connectivity index is 2.61. The lowest BCUT2D eigenvalue weighted by atomic mass is 10.1. The molecule has 0 aromatic heterocycles. The fourth-order valence-electron chi connectivity index (χ4n) is 1.43. The van der Waals surface area contributed by atoms with Crippen LogP contribution in [0.3, 0.4) is 0 Å². The Hall–Kier alpha value is -1.75. The lowest BCUT2D eigenvalue weighted by Crippen LogP contribution is -2.25. The van der Waals surface area contributed by atoms with Gasteiger partial charge in [0.2, 0.25) is 0 Å². The van der Waals surface area contributed by atoms with E-state index in [0.717, 1.165) is 0 Å². The Morgan fingerprint density at radius 3 is 2.53 bits per heavy atom. The van der Waals surface area contributed by atoms with Gasteiger partial charge in [0.25, 0.3) is 0 Å². The number of rotatable bonds is 6. The molecule has 0 saturated carbocycles. The lowest BCUT2D eigenvalue weighted by molar-refractivity contribution is -0.00564. The van der Waals surface area contributed by atoms with Crippen LogP contribution in [0.2, 0.25) is 0 Å². The van der Waals surface area contributed by atoms with E-state index in [1.807, 2.05) is 13.8 Å². The summed E-state index contributed by atoms with van der Waals surface area (Å²) in [5.41, 5.74) is 6.22. The third kappa shape index (κ3) is 4.79. The predicted molar refractivity (Wildman–Crippen MR) is 73.4 cm³/mol. The molecule has 0 radical (unpaired) electrons. The molecule has 5 heteroatoms. The van der Waals surface area contributed by atoms with Gasteiger partial charge in [-0.05, 0) is 26.0 Å². The predicted octanol–water partition coefficient (Wildman–Crippen LogP) is 2.25. The summed E-state index contributed by atoms with van der Waals surface area (Å²) in [5, 5.41) is 0. The average molecular weight is 267 g/mol. The fourth-order valence-corrected chi connectivity index (χ4v) is 1.43. The first-order chi connectivity index (χ1) is 8.88. The molecule has 1 rings (SSSR count). The molecule has 5 nitrogen and oxygen atoms in total. The van der Waals surface area contributed by atoms with Crippen molar-refractivity contribution in [2.24, 2.45) is 0 Å². The number of carbonyl (C=O) groups is 1. The van der Waals surface area contributed by atoms with Gasteiger partial charge >= 0.3 is 5.97 Å². The van der Waals surface area contributed by atoms with Gasteiger partial charge in [-0.15, -0.1) is 0 Å². The summed E-state index contributed by atoms with van der Waals surface area (Å²) in [6.07, 6.45) is 0.620. The molecule has 0 aliphatic carbocycles. The van der Waals surface area contributed by atoms with Gasteiger partial charge < -0.3 is 19.9 Å². The molecule has 0 atom stereocenters. The quantitative estimate of drug-likeness (QED) is 0.632. The second kappa shape index (κ2) is 6.43. The number of benzene rings is 1. The summed E-state index contributed by atoms with van der Waals surface area (Å²) in [7, 11) is 3.15. The van der Waals surface area contributed by atoms with Crippen molar-refractivity contribution in [2.75, 3.05) is 26.6 Å². The summed E-state index contributed by atoms with van der Waals surface area (Å²) in [4.78, 5) is 11.9. The second-order valence-corrected chi connectivity index (χ2v) is 4.84. The Labute approximate surface area is 113 Å². The van der Waals surface area contributed by atoms with Crippen molar-refractivity contribution in [1.82, 2.24) is 0 Å². The van der Waals surface area contributed by atoms with Crippen LogP contribution in [-0.2, 0) is 9.47 Å². The summed E-state index contributed by atoms with van der Waals surface area (Å²) in [6.45, 7) is 4.16. The first kappa shape index (κ1) is 15.3. The zero-order valence-electron chi connectivity index (χ0n) is 11.9. The minimum Gasteiger partial charge on any atom is -0.497 e. The number of nitrogen functional groups attached to an aromatic ring is 1. The van der Waals surface area contributed by atoms with E-state index < -0.39 is 5.97 Å². The monoisotopic (exact) mass is 267 g/mol. The molecule has 1 aromatic rings. The molecule has 0 unspecified atom stereocenters. The lowest BCUT2D eigenvalue weighted by Gasteiger charge is -2.22. The molecule has 0 aliphatic rings. The number of anilines is 1. The van der Waals surface area contributed by atoms with Gasteiger partial charge in [0.1, 0.15) is 5.75 Å². The summed E-state index contributed by atoms with van der Waals surface area (Å²) < 4.78 is 15.5. The van der Waals surface area contributed by atoms with E-state index in [2.05, 4.69) is 0 Å². The molecule has 0 heterocycles. The Bertz CT molecular complexity index is 443. The highest BCUT2D eigenvalue weighted by Gasteiger charge is 2.17. The number of ether oxygens (including phenoxy) is 3. The maximum Gasteiger partial charge on any atom is 0.338 e. The maximum atomic E-state index is 11.9. The van der Waals surface area contributed by atoms with Crippen LogP contribution >= 0.6 is 0 Å². The fraction of sp³-hybridized carbons (Fsp3) is 0.500. The first-order valence-electron chi connectivity index (χ1n) is 6.05. The zero-order valence-corrected chi connectivity index (χ0v) is 11.9. The number of carbonyl (C=O) groups excluding carboxylic acids is 1. The number of hydrogen-bond donors (Lipinski definition) is 1. The molecule has 0 bridgehead atoms. The summed E-state index contributed by atoms with van der Waals surface area (Å²) in [5.74, 6) is 0.113. The minimum atomic E-state index is -0.419. The van der Waals surface area contributed by atoms with Gasteiger partial charge in [-0.25, -0.2) is 4.79 Å². The van der Waals surface area contributed by atoms with Gasteiger partial charge in [-0.3, -0.25) is 0 Å². The molecule has 0 saturated heterocycles. The smallest absolute Gasteiger partial charge is 0.338 e. The molecular formula is C14H21NO4. The third-order valence-electron chi connectivity index (χ3n) is 2.89. The second-order valence-electron chi connectivity index (χ2n) is 4.84. The van der Waals surface area contributed by atoms with E-state index in [9.17, 15) is 4.79 Å². The van der Waals surface area contributed by atoms with E-state index in [4.69, 9.17) is 19.9 Å². The van der Waals surface area contributed by atoms with E-state index in [1.165, 1.54) is 7.11 Å². The molecule has 0 aliphatic heterocycles. The van der Waals surface area contributed by atoms with Crippen LogP contribution in [0.4, 0.5) is 5.69 Å². The van der Waals surface area contributed by atoms with Gasteiger partial charge in [-0.2, -0.15) is 0 Å². The number of esters is 1. The van der Waals surface area contributed by atoms with Crippen LogP contribution in [0.1, 0.15) is 30.6 Å². The van der Waals surface area contributed by atoms with Crippen molar-refractivity contribution in [1.29, 1.82) is 0 Å². The van der Waals surface area contributed by atoms with Crippen LogP contribution in [0.5, 0.6) is 5.75 Å². The highest BCUT2D eigenvalue weighted by atomic mass is 16.5. The Morgan fingerprint density at radius 2 is 1.95 bits per heavy atom. The van der Waals surface area contributed by atoms with Crippen molar-refractivity contribution in [3.63, 3.8) is 0 Å². The summed E-state index contributed by atoms with van der Waals surface area (Å²) >= 11 is 0. The Morgan fingerprint density at radius 1 is 1.26 bits per heavy atom. The van der Waals surface area contributed by atoms with Gasteiger partial charge in [0, 0.05) is 25.3 Å². The first-order valence-corrected chi connectivity index (χ1v) is 6.05. The Kier molecular flexibility index (Phi) is 5.18. The third-order valence-corrected chi connectivity index (χ3v) is 2.89. The largest absolute Gasteiger partial charge is 0.497 e. The van der Waals surface area contributed by atoms with Gasteiger partial charge in [0.15, 0.2) is 0 Å². The highest BCUT2D eigenvalue weighted by Crippen LogP contribution is 2.19. The SMILES string of the molecule is COc1cc(N)cc(C(=O)OCCC(C)(C)OC)c1. The molecule has 2 N–H and O–H groups in total. The van der Waals surface area contributed by atoms with Crippen LogP contribution in [0.25, 0.3) is 0 Å². The zero-order chi connectivity index (χ0) is 14.5. The van der Waals surface area contributed by atoms with Crippen LogP contribution < -0.4 is 10.5 Å².